The molecule has 0 unspecified atom stereocenters. The second-order valence-corrected chi connectivity index (χ2v) is 6.02. The van der Waals surface area contributed by atoms with Crippen LogP contribution in [0.4, 0.5) is 0 Å². The average Bonchev–Trinajstić information content (AvgIpc) is 2.27. The van der Waals surface area contributed by atoms with Crippen LogP contribution in [0.15, 0.2) is 18.2 Å². The Hall–Kier alpha value is -0.820. The van der Waals surface area contributed by atoms with Crippen molar-refractivity contribution in [3.63, 3.8) is 0 Å². The van der Waals surface area contributed by atoms with E-state index in [0.717, 1.165) is 12.5 Å². The van der Waals surface area contributed by atoms with E-state index in [2.05, 4.69) is 50.8 Å². The number of hydrogen-bond donors (Lipinski definition) is 0. The van der Waals surface area contributed by atoms with Crippen molar-refractivity contribution in [1.82, 2.24) is 4.90 Å². The van der Waals surface area contributed by atoms with Crippen LogP contribution in [0.1, 0.15) is 44.4 Å². The first-order valence-electron chi connectivity index (χ1n) is 6.91. The quantitative estimate of drug-likeness (QED) is 0.767. The molecule has 1 aliphatic rings. The van der Waals surface area contributed by atoms with Crippen molar-refractivity contribution in [2.45, 2.75) is 53.1 Å². The third kappa shape index (κ3) is 3.10. The van der Waals surface area contributed by atoms with Crippen molar-refractivity contribution in [1.29, 1.82) is 0 Å². The first-order chi connectivity index (χ1) is 8.06. The van der Waals surface area contributed by atoms with Crippen LogP contribution in [0.2, 0.25) is 0 Å². The van der Waals surface area contributed by atoms with E-state index in [1.54, 1.807) is 5.56 Å². The van der Waals surface area contributed by atoms with Crippen LogP contribution in [0.25, 0.3) is 0 Å². The Bertz CT molecular complexity index is 379. The molecule has 0 saturated heterocycles. The van der Waals surface area contributed by atoms with E-state index in [9.17, 15) is 0 Å². The molecule has 1 aromatic carbocycles. The minimum absolute atomic E-state index is 0.665. The summed E-state index contributed by atoms with van der Waals surface area (Å²) in [4.78, 5) is 2.56. The molecule has 0 bridgehead atoms. The number of benzene rings is 1. The van der Waals surface area contributed by atoms with Crippen molar-refractivity contribution >= 4 is 0 Å². The minimum atomic E-state index is 0.665. The largest absolute Gasteiger partial charge is 0.296 e. The summed E-state index contributed by atoms with van der Waals surface area (Å²) in [6.07, 6.45) is 2.43. The Kier molecular flexibility index (Phi) is 3.88. The van der Waals surface area contributed by atoms with Gasteiger partial charge >= 0.3 is 0 Å². The first kappa shape index (κ1) is 12.6. The van der Waals surface area contributed by atoms with Gasteiger partial charge in [0, 0.05) is 19.1 Å². The normalized spacial score (nSPS) is 16.6. The number of nitrogens with zero attached hydrogens (tertiary/aromatic N) is 1. The van der Waals surface area contributed by atoms with Gasteiger partial charge in [-0.2, -0.15) is 0 Å². The van der Waals surface area contributed by atoms with E-state index in [0.29, 0.717) is 6.04 Å². The van der Waals surface area contributed by atoms with Gasteiger partial charge in [0.15, 0.2) is 0 Å². The van der Waals surface area contributed by atoms with Crippen LogP contribution in [0.3, 0.4) is 0 Å². The lowest BCUT2D eigenvalue weighted by Crippen LogP contribution is -2.35. The lowest BCUT2D eigenvalue weighted by atomic mass is 9.93. The fraction of sp³-hybridized carbons (Fsp3) is 0.625. The number of rotatable bonds is 3. The molecule has 0 aliphatic carbocycles. The molecule has 0 aromatic heterocycles. The van der Waals surface area contributed by atoms with Gasteiger partial charge < -0.3 is 0 Å². The fourth-order valence-corrected chi connectivity index (χ4v) is 2.67. The Morgan fingerprint density at radius 2 is 1.88 bits per heavy atom. The Morgan fingerprint density at radius 1 is 1.12 bits per heavy atom. The van der Waals surface area contributed by atoms with Crippen LogP contribution < -0.4 is 0 Å². The van der Waals surface area contributed by atoms with Gasteiger partial charge in [0.05, 0.1) is 0 Å². The highest BCUT2D eigenvalue weighted by molar-refractivity contribution is 5.34. The highest BCUT2D eigenvalue weighted by Crippen LogP contribution is 2.22. The summed E-state index contributed by atoms with van der Waals surface area (Å²) in [7, 11) is 0. The van der Waals surface area contributed by atoms with Crippen molar-refractivity contribution in [3.05, 3.63) is 34.9 Å². The van der Waals surface area contributed by atoms with Crippen LogP contribution in [-0.4, -0.2) is 17.5 Å². The summed E-state index contributed by atoms with van der Waals surface area (Å²) >= 11 is 0. The summed E-state index contributed by atoms with van der Waals surface area (Å²) in [5.74, 6) is 0.754. The van der Waals surface area contributed by atoms with Crippen molar-refractivity contribution < 1.29 is 0 Å². The summed E-state index contributed by atoms with van der Waals surface area (Å²) in [6, 6.07) is 7.77. The molecule has 0 saturated carbocycles. The Morgan fingerprint density at radius 3 is 2.53 bits per heavy atom. The summed E-state index contributed by atoms with van der Waals surface area (Å²) < 4.78 is 0. The Labute approximate surface area is 106 Å². The molecule has 0 fully saturated rings. The Balaban J connectivity index is 2.14. The highest BCUT2D eigenvalue weighted by Gasteiger charge is 2.18. The van der Waals surface area contributed by atoms with Gasteiger partial charge in [0.1, 0.15) is 0 Å². The molecule has 1 nitrogen and oxygen atoms in total. The molecular formula is C16H25N. The van der Waals surface area contributed by atoms with Crippen molar-refractivity contribution in [2.75, 3.05) is 6.54 Å². The van der Waals surface area contributed by atoms with Gasteiger partial charge in [-0.25, -0.2) is 0 Å². The minimum Gasteiger partial charge on any atom is -0.296 e. The smallest absolute Gasteiger partial charge is 0.0239 e. The standard InChI is InChI=1S/C16H25N/c1-12(2)9-14-5-6-16-11-17(13(3)4)8-7-15(16)10-14/h5-6,10,12-13H,7-9,11H2,1-4H3. The highest BCUT2D eigenvalue weighted by atomic mass is 15.1. The second-order valence-electron chi connectivity index (χ2n) is 6.02. The van der Waals surface area contributed by atoms with Gasteiger partial charge in [-0.3, -0.25) is 4.90 Å². The zero-order valence-corrected chi connectivity index (χ0v) is 11.7. The van der Waals surface area contributed by atoms with Crippen molar-refractivity contribution in [3.8, 4) is 0 Å². The molecule has 1 aromatic rings. The number of hydrogen-bond acceptors (Lipinski definition) is 1. The molecule has 1 aliphatic heterocycles. The third-order valence-electron chi connectivity index (χ3n) is 3.69. The first-order valence-corrected chi connectivity index (χ1v) is 6.91. The van der Waals surface area contributed by atoms with E-state index < -0.39 is 0 Å². The molecular weight excluding hydrogens is 206 g/mol. The predicted octanol–water partition coefficient (Wildman–Crippen LogP) is 3.65. The average molecular weight is 231 g/mol. The van der Waals surface area contributed by atoms with Crippen LogP contribution in [-0.2, 0) is 19.4 Å². The third-order valence-corrected chi connectivity index (χ3v) is 3.69. The van der Waals surface area contributed by atoms with Crippen LogP contribution >= 0.6 is 0 Å². The van der Waals surface area contributed by atoms with Gasteiger partial charge in [-0.1, -0.05) is 32.0 Å². The van der Waals surface area contributed by atoms with E-state index in [1.807, 2.05) is 0 Å². The monoisotopic (exact) mass is 231 g/mol. The molecule has 0 N–H and O–H groups in total. The lowest BCUT2D eigenvalue weighted by Gasteiger charge is -2.32. The molecule has 0 spiro atoms. The molecule has 0 atom stereocenters. The van der Waals surface area contributed by atoms with Gasteiger partial charge in [0.25, 0.3) is 0 Å². The fourth-order valence-electron chi connectivity index (χ4n) is 2.67. The van der Waals surface area contributed by atoms with Crippen LogP contribution in [0.5, 0.6) is 0 Å². The summed E-state index contributed by atoms with van der Waals surface area (Å²) in [5, 5.41) is 0. The maximum absolute atomic E-state index is 2.56. The van der Waals surface area contributed by atoms with Gasteiger partial charge in [-0.05, 0) is 49.3 Å². The predicted molar refractivity (Wildman–Crippen MR) is 74.2 cm³/mol. The molecule has 94 valence electrons. The molecule has 2 rings (SSSR count). The second kappa shape index (κ2) is 5.22. The number of fused-ring (bicyclic) bond motifs is 1. The SMILES string of the molecule is CC(C)Cc1ccc2c(c1)CCN(C(C)C)C2. The summed E-state index contributed by atoms with van der Waals surface area (Å²) in [6.45, 7) is 11.5. The van der Waals surface area contributed by atoms with Gasteiger partial charge in [0.2, 0.25) is 0 Å². The maximum atomic E-state index is 2.56. The van der Waals surface area contributed by atoms with E-state index in [4.69, 9.17) is 0 Å². The summed E-state index contributed by atoms with van der Waals surface area (Å²) in [5.41, 5.74) is 4.63. The van der Waals surface area contributed by atoms with Gasteiger partial charge in [-0.15, -0.1) is 0 Å². The van der Waals surface area contributed by atoms with Crippen LogP contribution in [0, 0.1) is 5.92 Å². The molecule has 17 heavy (non-hydrogen) atoms. The molecule has 1 heterocycles. The lowest BCUT2D eigenvalue weighted by molar-refractivity contribution is 0.203. The topological polar surface area (TPSA) is 3.24 Å². The van der Waals surface area contributed by atoms with E-state index >= 15 is 0 Å². The molecule has 0 amide bonds. The van der Waals surface area contributed by atoms with Crippen molar-refractivity contribution in [2.24, 2.45) is 5.92 Å². The maximum Gasteiger partial charge on any atom is 0.0239 e. The zero-order valence-electron chi connectivity index (χ0n) is 11.7. The zero-order chi connectivity index (χ0) is 12.4. The molecule has 0 radical (unpaired) electrons. The van der Waals surface area contributed by atoms with E-state index in [1.165, 1.54) is 30.5 Å². The van der Waals surface area contributed by atoms with E-state index in [-0.39, 0.29) is 0 Å². The molecule has 1 heteroatoms.